The minimum absolute atomic E-state index is 0.210. The maximum atomic E-state index is 10.9. The van der Waals surface area contributed by atoms with E-state index in [1.165, 1.54) is 18.2 Å². The van der Waals surface area contributed by atoms with Crippen LogP contribution in [0.15, 0.2) is 30.3 Å². The Morgan fingerprint density at radius 1 is 1.38 bits per heavy atom. The maximum Gasteiger partial charge on any atom is 0.309 e. The zero-order valence-electron chi connectivity index (χ0n) is 10.1. The summed E-state index contributed by atoms with van der Waals surface area (Å²) in [7, 11) is 1.40. The third-order valence-corrected chi connectivity index (χ3v) is 2.43. The van der Waals surface area contributed by atoms with Crippen molar-refractivity contribution in [3.05, 3.63) is 41.5 Å². The molecule has 0 spiro atoms. The Bertz CT molecular complexity index is 378. The molecule has 0 amide bonds. The maximum absolute atomic E-state index is 10.9. The smallest absolute Gasteiger partial charge is 0.309 e. The fourth-order valence-electron chi connectivity index (χ4n) is 1.55. The summed E-state index contributed by atoms with van der Waals surface area (Å²) in [6, 6.07) is 8.21. The van der Waals surface area contributed by atoms with Crippen LogP contribution < -0.4 is 0 Å². The Balaban J connectivity index is 2.76. The molecule has 0 aromatic heterocycles. The van der Waals surface area contributed by atoms with Crippen molar-refractivity contribution in [1.82, 2.24) is 0 Å². The summed E-state index contributed by atoms with van der Waals surface area (Å²) in [5.74, 6) is 0.275. The van der Waals surface area contributed by atoms with Crippen molar-refractivity contribution in [3.8, 4) is 0 Å². The average Bonchev–Trinajstić information content (AvgIpc) is 2.29. The van der Waals surface area contributed by atoms with E-state index in [1.54, 1.807) is 0 Å². The van der Waals surface area contributed by atoms with E-state index in [2.05, 4.69) is 30.7 Å². The van der Waals surface area contributed by atoms with Crippen LogP contribution in [0.2, 0.25) is 0 Å². The third kappa shape index (κ3) is 3.54. The molecule has 0 radical (unpaired) electrons. The molecule has 0 atom stereocenters. The van der Waals surface area contributed by atoms with Crippen molar-refractivity contribution in [3.63, 3.8) is 0 Å². The first kappa shape index (κ1) is 12.5. The van der Waals surface area contributed by atoms with Gasteiger partial charge in [-0.15, -0.1) is 0 Å². The van der Waals surface area contributed by atoms with Gasteiger partial charge in [-0.25, -0.2) is 0 Å². The molecule has 2 heteroatoms. The second-order valence-electron chi connectivity index (χ2n) is 3.97. The minimum atomic E-state index is -0.210. The van der Waals surface area contributed by atoms with Crippen molar-refractivity contribution >= 4 is 12.0 Å². The molecule has 2 nitrogen and oxygen atoms in total. The Labute approximate surface area is 96.9 Å². The topological polar surface area (TPSA) is 26.3 Å². The third-order valence-electron chi connectivity index (χ3n) is 2.43. The lowest BCUT2D eigenvalue weighted by Crippen LogP contribution is -1.97. The Kier molecular flexibility index (Phi) is 4.77. The van der Waals surface area contributed by atoms with Crippen LogP contribution in [0.5, 0.6) is 0 Å². The van der Waals surface area contributed by atoms with Crippen LogP contribution in [0.3, 0.4) is 0 Å². The molecule has 86 valence electrons. The van der Waals surface area contributed by atoms with Crippen LogP contribution in [0.25, 0.3) is 6.08 Å². The fourth-order valence-corrected chi connectivity index (χ4v) is 1.55. The quantitative estimate of drug-likeness (QED) is 0.724. The van der Waals surface area contributed by atoms with E-state index in [0.717, 1.165) is 0 Å². The van der Waals surface area contributed by atoms with E-state index >= 15 is 0 Å². The predicted molar refractivity (Wildman–Crippen MR) is 66.2 cm³/mol. The lowest BCUT2D eigenvalue weighted by atomic mass is 9.97. The monoisotopic (exact) mass is 218 g/mol. The first-order valence-corrected chi connectivity index (χ1v) is 5.47. The number of rotatable bonds is 4. The molecule has 0 aliphatic heterocycles. The number of carbonyl (C=O) groups is 1. The molecular formula is C14H18O2. The Hall–Kier alpha value is -1.57. The van der Waals surface area contributed by atoms with Crippen molar-refractivity contribution < 1.29 is 9.53 Å². The van der Waals surface area contributed by atoms with Gasteiger partial charge in [0.2, 0.25) is 0 Å². The summed E-state index contributed by atoms with van der Waals surface area (Å²) in [6.07, 6.45) is 4.14. The number of hydrogen-bond donors (Lipinski definition) is 0. The van der Waals surface area contributed by atoms with Gasteiger partial charge in [-0.1, -0.05) is 50.3 Å². The number of benzene rings is 1. The molecule has 1 aromatic carbocycles. The molecule has 0 unspecified atom stereocenters. The molecule has 0 N–H and O–H groups in total. The summed E-state index contributed by atoms with van der Waals surface area (Å²) in [6.45, 7) is 4.32. The van der Waals surface area contributed by atoms with Gasteiger partial charge in [0.05, 0.1) is 13.5 Å². The number of hydrogen-bond acceptors (Lipinski definition) is 2. The summed E-state index contributed by atoms with van der Waals surface area (Å²) in [5.41, 5.74) is 2.46. The molecular weight excluding hydrogens is 200 g/mol. The van der Waals surface area contributed by atoms with Gasteiger partial charge in [0.1, 0.15) is 0 Å². The van der Waals surface area contributed by atoms with Crippen molar-refractivity contribution in [2.45, 2.75) is 26.2 Å². The molecule has 0 aliphatic rings. The lowest BCUT2D eigenvalue weighted by Gasteiger charge is -2.08. The molecule has 0 saturated heterocycles. The van der Waals surface area contributed by atoms with E-state index < -0.39 is 0 Å². The van der Waals surface area contributed by atoms with E-state index in [0.29, 0.717) is 12.3 Å². The van der Waals surface area contributed by atoms with Crippen LogP contribution >= 0.6 is 0 Å². The number of ether oxygens (including phenoxy) is 1. The van der Waals surface area contributed by atoms with Crippen LogP contribution in [0.4, 0.5) is 0 Å². The van der Waals surface area contributed by atoms with Gasteiger partial charge >= 0.3 is 5.97 Å². The van der Waals surface area contributed by atoms with Crippen LogP contribution in [-0.2, 0) is 9.53 Å². The number of esters is 1. The van der Waals surface area contributed by atoms with E-state index in [9.17, 15) is 4.79 Å². The molecule has 16 heavy (non-hydrogen) atoms. The average molecular weight is 218 g/mol. The van der Waals surface area contributed by atoms with Crippen molar-refractivity contribution in [2.75, 3.05) is 7.11 Å². The highest BCUT2D eigenvalue weighted by atomic mass is 16.5. The summed E-state index contributed by atoms with van der Waals surface area (Å²) in [5, 5.41) is 0. The summed E-state index contributed by atoms with van der Waals surface area (Å²) < 4.78 is 4.58. The lowest BCUT2D eigenvalue weighted by molar-refractivity contribution is -0.139. The second kappa shape index (κ2) is 6.11. The Morgan fingerprint density at radius 2 is 2.06 bits per heavy atom. The van der Waals surface area contributed by atoms with E-state index in [4.69, 9.17) is 0 Å². The molecule has 0 fully saturated rings. The van der Waals surface area contributed by atoms with Crippen LogP contribution in [0, 0.1) is 0 Å². The number of methoxy groups -OCH3 is 1. The zero-order valence-corrected chi connectivity index (χ0v) is 10.1. The van der Waals surface area contributed by atoms with Gasteiger partial charge in [0, 0.05) is 0 Å². The van der Waals surface area contributed by atoms with Gasteiger partial charge < -0.3 is 4.74 Å². The highest BCUT2D eigenvalue weighted by molar-refractivity contribution is 5.72. The SMILES string of the molecule is COC(=O)CC=Cc1ccccc1C(C)C. The van der Waals surface area contributed by atoms with Gasteiger partial charge in [0.25, 0.3) is 0 Å². The van der Waals surface area contributed by atoms with Crippen LogP contribution in [0.1, 0.15) is 37.3 Å². The second-order valence-corrected chi connectivity index (χ2v) is 3.97. The molecule has 0 heterocycles. The molecule has 1 aromatic rings. The van der Waals surface area contributed by atoms with Gasteiger partial charge in [-0.3, -0.25) is 4.79 Å². The van der Waals surface area contributed by atoms with Gasteiger partial charge in [0.15, 0.2) is 0 Å². The van der Waals surface area contributed by atoms with E-state index in [1.807, 2.05) is 24.3 Å². The standard InChI is InChI=1S/C14H18O2/c1-11(2)13-9-5-4-7-12(13)8-6-10-14(15)16-3/h4-9,11H,10H2,1-3H3. The zero-order chi connectivity index (χ0) is 12.0. The first-order valence-electron chi connectivity index (χ1n) is 5.47. The van der Waals surface area contributed by atoms with Crippen LogP contribution in [-0.4, -0.2) is 13.1 Å². The summed E-state index contributed by atoms with van der Waals surface area (Å²) in [4.78, 5) is 10.9. The van der Waals surface area contributed by atoms with Gasteiger partial charge in [-0.2, -0.15) is 0 Å². The highest BCUT2D eigenvalue weighted by Crippen LogP contribution is 2.20. The molecule has 0 saturated carbocycles. The Morgan fingerprint density at radius 3 is 2.69 bits per heavy atom. The molecule has 0 aliphatic carbocycles. The van der Waals surface area contributed by atoms with Gasteiger partial charge in [-0.05, 0) is 17.0 Å². The number of carbonyl (C=O) groups excluding carboxylic acids is 1. The van der Waals surface area contributed by atoms with Crippen molar-refractivity contribution in [2.24, 2.45) is 0 Å². The summed E-state index contributed by atoms with van der Waals surface area (Å²) >= 11 is 0. The molecule has 0 bridgehead atoms. The molecule has 1 rings (SSSR count). The van der Waals surface area contributed by atoms with E-state index in [-0.39, 0.29) is 5.97 Å². The fraction of sp³-hybridized carbons (Fsp3) is 0.357. The predicted octanol–water partition coefficient (Wildman–Crippen LogP) is 3.39. The minimum Gasteiger partial charge on any atom is -0.469 e. The highest BCUT2D eigenvalue weighted by Gasteiger charge is 2.02. The normalized spacial score (nSPS) is 11.0. The first-order chi connectivity index (χ1) is 7.65. The largest absolute Gasteiger partial charge is 0.469 e. The van der Waals surface area contributed by atoms with Crippen molar-refractivity contribution in [1.29, 1.82) is 0 Å².